The average Bonchev–Trinajstić information content (AvgIpc) is 3.36. The molecule has 2 atom stereocenters. The van der Waals surface area contributed by atoms with Gasteiger partial charge >= 0.3 is 23.4 Å². The Balaban J connectivity index is 1.92. The Morgan fingerprint density at radius 2 is 1.45 bits per heavy atom. The van der Waals surface area contributed by atoms with Gasteiger partial charge in [0.25, 0.3) is 0 Å². The minimum Gasteiger partial charge on any atom is -0.481 e. The van der Waals surface area contributed by atoms with Gasteiger partial charge in [-0.05, 0) is 97.9 Å². The van der Waals surface area contributed by atoms with Crippen molar-refractivity contribution in [3.05, 3.63) is 45.2 Å². The minimum atomic E-state index is -1.17. The highest BCUT2D eigenvalue weighted by Gasteiger charge is 2.42. The van der Waals surface area contributed by atoms with Gasteiger partial charge in [0.1, 0.15) is 5.60 Å². The summed E-state index contributed by atoms with van der Waals surface area (Å²) in [6, 6.07) is 6.74. The summed E-state index contributed by atoms with van der Waals surface area (Å²) in [6.07, 6.45) is 1.90. The number of anilines is 1. The summed E-state index contributed by atoms with van der Waals surface area (Å²) in [5.41, 5.74) is -2.75. The predicted molar refractivity (Wildman–Crippen MR) is 203 cm³/mol. The molecule has 284 valence electrons. The maximum Gasteiger partial charge on any atom is 0.407 e. The molecule has 1 aromatic carbocycles. The van der Waals surface area contributed by atoms with Gasteiger partial charge in [0, 0.05) is 41.5 Å². The van der Waals surface area contributed by atoms with E-state index in [1.54, 1.807) is 72.7 Å². The molecule has 0 spiro atoms. The molecule has 0 saturated heterocycles. The second-order valence-corrected chi connectivity index (χ2v) is 16.6. The van der Waals surface area contributed by atoms with Crippen LogP contribution in [0, 0.1) is 10.8 Å². The van der Waals surface area contributed by atoms with E-state index in [1.165, 1.54) is 11.8 Å². The number of nitrogens with one attached hydrogen (secondary N) is 6. The fourth-order valence-corrected chi connectivity index (χ4v) is 6.61. The van der Waals surface area contributed by atoms with Crippen molar-refractivity contribution in [2.24, 2.45) is 10.8 Å². The standard InChI is InChI=1S/C34H53N7O8S2/c1-22(50)51-25(26(42)36-18-10-20-38-31(48)49-32(2,3)4)11-8-16-34(7,21-33(5,6)28(44)45)27(43)37-19-9-17-35-23-12-14-24(15-13-23)41-29(46)39-40-30(41)47/h12-15,25,35H,8-11,16-21H2,1-7H3,(H,36,42)(H,37,43)(H,38,48)(H,39,46)(H,40,47)(H,44,45). The number of thiocarbonyl (C=S) groups is 1. The van der Waals surface area contributed by atoms with Gasteiger partial charge in [-0.25, -0.2) is 29.1 Å². The summed E-state index contributed by atoms with van der Waals surface area (Å²) in [7, 11) is 0. The lowest BCUT2D eigenvalue weighted by Gasteiger charge is -2.34. The number of H-pyrrole nitrogens is 2. The third-order valence-corrected chi connectivity index (χ3v) is 9.21. The van der Waals surface area contributed by atoms with Crippen LogP contribution in [0.15, 0.2) is 33.9 Å². The van der Waals surface area contributed by atoms with E-state index in [2.05, 4.69) is 31.5 Å². The number of aromatic nitrogens is 3. The molecule has 0 aliphatic rings. The molecule has 0 bridgehead atoms. The van der Waals surface area contributed by atoms with Crippen LogP contribution in [0.3, 0.4) is 0 Å². The average molecular weight is 752 g/mol. The zero-order chi connectivity index (χ0) is 38.4. The molecule has 15 nitrogen and oxygen atoms in total. The number of benzene rings is 1. The SMILES string of the molecule is CC(=S)SC(CCCC(C)(CC(C)(C)C(=O)O)C(=O)NCCCNc1ccc(-n2c(=O)[nH][nH]c2=O)cc1)C(=O)NCCCNC(=O)OC(C)(C)C. The second-order valence-electron chi connectivity index (χ2n) is 14.3. The number of ether oxygens (including phenoxy) is 1. The quantitative estimate of drug-likeness (QED) is 0.0760. The number of aliphatic carboxylic acids is 1. The first-order valence-electron chi connectivity index (χ1n) is 16.9. The van der Waals surface area contributed by atoms with Crippen LogP contribution < -0.4 is 32.6 Å². The number of hydrogen-bond acceptors (Lipinski definition) is 10. The van der Waals surface area contributed by atoms with E-state index in [4.69, 9.17) is 17.0 Å². The number of carbonyl (C=O) groups excluding carboxylic acids is 3. The molecule has 0 aliphatic carbocycles. The summed E-state index contributed by atoms with van der Waals surface area (Å²) in [6.45, 7) is 13.6. The van der Waals surface area contributed by atoms with Crippen molar-refractivity contribution in [3.8, 4) is 5.69 Å². The predicted octanol–water partition coefficient (Wildman–Crippen LogP) is 3.93. The maximum atomic E-state index is 13.6. The molecule has 3 amide bonds. The summed E-state index contributed by atoms with van der Waals surface area (Å²) >= 11 is 6.55. The van der Waals surface area contributed by atoms with Crippen molar-refractivity contribution < 1.29 is 29.0 Å². The highest BCUT2D eigenvalue weighted by molar-refractivity contribution is 8.23. The summed E-state index contributed by atoms with van der Waals surface area (Å²) in [4.78, 5) is 74.2. The zero-order valence-electron chi connectivity index (χ0n) is 30.5. The van der Waals surface area contributed by atoms with E-state index in [9.17, 15) is 33.9 Å². The molecule has 17 heteroatoms. The molecule has 1 heterocycles. The Kier molecular flexibility index (Phi) is 16.4. The smallest absolute Gasteiger partial charge is 0.407 e. The molecule has 1 aromatic heterocycles. The third-order valence-electron chi connectivity index (χ3n) is 7.85. The van der Waals surface area contributed by atoms with E-state index >= 15 is 0 Å². The highest BCUT2D eigenvalue weighted by atomic mass is 32.2. The lowest BCUT2D eigenvalue weighted by atomic mass is 9.70. The van der Waals surface area contributed by atoms with Crippen molar-refractivity contribution in [2.75, 3.05) is 31.5 Å². The van der Waals surface area contributed by atoms with Gasteiger partial charge < -0.3 is 31.1 Å². The lowest BCUT2D eigenvalue weighted by molar-refractivity contribution is -0.150. The largest absolute Gasteiger partial charge is 0.481 e. The molecule has 0 saturated carbocycles. The number of aromatic amines is 2. The third kappa shape index (κ3) is 14.9. The molecule has 51 heavy (non-hydrogen) atoms. The van der Waals surface area contributed by atoms with Crippen molar-refractivity contribution in [3.63, 3.8) is 0 Å². The van der Waals surface area contributed by atoms with Crippen LogP contribution in [0.1, 0.15) is 87.0 Å². The fraction of sp³-hybridized carbons (Fsp3) is 0.618. The number of amides is 3. The van der Waals surface area contributed by atoms with Crippen molar-refractivity contribution in [2.45, 2.75) is 97.8 Å². The van der Waals surface area contributed by atoms with Crippen LogP contribution >= 0.6 is 24.0 Å². The number of thioether (sulfide) groups is 1. The molecular weight excluding hydrogens is 699 g/mol. The van der Waals surface area contributed by atoms with Crippen LogP contribution in [-0.4, -0.2) is 85.0 Å². The van der Waals surface area contributed by atoms with Crippen LogP contribution in [0.2, 0.25) is 0 Å². The molecular formula is C34H53N7O8S2. The van der Waals surface area contributed by atoms with Crippen LogP contribution in [-0.2, 0) is 19.1 Å². The van der Waals surface area contributed by atoms with Gasteiger partial charge in [-0.2, -0.15) is 0 Å². The van der Waals surface area contributed by atoms with Crippen LogP contribution in [0.4, 0.5) is 10.5 Å². The van der Waals surface area contributed by atoms with Crippen LogP contribution in [0.25, 0.3) is 5.69 Å². The molecule has 0 aliphatic heterocycles. The van der Waals surface area contributed by atoms with Crippen LogP contribution in [0.5, 0.6) is 0 Å². The van der Waals surface area contributed by atoms with Crippen molar-refractivity contribution in [1.29, 1.82) is 0 Å². The number of carboxylic acid groups (broad SMARTS) is 1. The number of alkyl carbamates (subject to hydrolysis) is 1. The van der Waals surface area contributed by atoms with Gasteiger partial charge in [-0.15, -0.1) is 11.8 Å². The van der Waals surface area contributed by atoms with Gasteiger partial charge in [-0.1, -0.05) is 25.6 Å². The minimum absolute atomic E-state index is 0.0969. The molecule has 7 N–H and O–H groups in total. The number of hydrogen-bond donors (Lipinski definition) is 7. The summed E-state index contributed by atoms with van der Waals surface area (Å²) in [5.74, 6) is -1.47. The lowest BCUT2D eigenvalue weighted by Crippen LogP contribution is -2.44. The van der Waals surface area contributed by atoms with E-state index in [-0.39, 0.29) is 18.2 Å². The van der Waals surface area contributed by atoms with Gasteiger partial charge in [-0.3, -0.25) is 14.4 Å². The molecule has 2 unspecified atom stereocenters. The number of carboxylic acids is 1. The van der Waals surface area contributed by atoms with E-state index in [1.807, 2.05) is 0 Å². The zero-order valence-corrected chi connectivity index (χ0v) is 32.2. The fourth-order valence-electron chi connectivity index (χ4n) is 5.38. The first kappa shape index (κ1) is 43.0. The first-order chi connectivity index (χ1) is 23.7. The number of carbonyl (C=O) groups is 4. The number of nitrogens with zero attached hydrogens (tertiary/aromatic N) is 1. The molecule has 0 radical (unpaired) electrons. The Morgan fingerprint density at radius 1 is 0.882 bits per heavy atom. The summed E-state index contributed by atoms with van der Waals surface area (Å²) < 4.78 is 6.79. The van der Waals surface area contributed by atoms with Gasteiger partial charge in [0.2, 0.25) is 11.8 Å². The second kappa shape index (κ2) is 19.5. The van der Waals surface area contributed by atoms with Crippen molar-refractivity contribution in [1.82, 2.24) is 30.7 Å². The first-order valence-corrected chi connectivity index (χ1v) is 18.2. The molecule has 0 fully saturated rings. The Hall–Kier alpha value is -4.12. The van der Waals surface area contributed by atoms with Gasteiger partial charge in [0.05, 0.1) is 16.4 Å². The Bertz CT molecular complexity index is 1580. The van der Waals surface area contributed by atoms with E-state index in [0.717, 1.165) is 10.3 Å². The maximum absolute atomic E-state index is 13.6. The molecule has 2 aromatic rings. The van der Waals surface area contributed by atoms with Gasteiger partial charge in [0.15, 0.2) is 0 Å². The number of rotatable bonds is 20. The molecule has 2 rings (SSSR count). The van der Waals surface area contributed by atoms with Crippen molar-refractivity contribution >= 4 is 57.7 Å². The Morgan fingerprint density at radius 3 is 2.02 bits per heavy atom. The van der Waals surface area contributed by atoms with E-state index < -0.39 is 45.1 Å². The topological polar surface area (TPSA) is 217 Å². The highest BCUT2D eigenvalue weighted by Crippen LogP contribution is 2.39. The Labute approximate surface area is 307 Å². The van der Waals surface area contributed by atoms with E-state index in [0.29, 0.717) is 68.2 Å². The summed E-state index contributed by atoms with van der Waals surface area (Å²) in [5, 5.41) is 25.6. The normalized spacial score (nSPS) is 13.4. The monoisotopic (exact) mass is 751 g/mol.